The van der Waals surface area contributed by atoms with Gasteiger partial charge in [-0.2, -0.15) is 5.26 Å². The third-order valence-electron chi connectivity index (χ3n) is 5.34. The fourth-order valence-electron chi connectivity index (χ4n) is 3.58. The Balaban J connectivity index is 1.56. The maximum atomic E-state index is 13.0. The molecule has 1 heterocycles. The van der Waals surface area contributed by atoms with Crippen LogP contribution < -0.4 is 9.47 Å². The molecule has 0 unspecified atom stereocenters. The smallest absolute Gasteiger partial charge is 0.293 e. The molecule has 0 bridgehead atoms. The highest BCUT2D eigenvalue weighted by Crippen LogP contribution is 2.40. The van der Waals surface area contributed by atoms with Crippen LogP contribution in [0.1, 0.15) is 29.2 Å². The predicted molar refractivity (Wildman–Crippen MR) is 146 cm³/mol. The molecule has 4 rings (SSSR count). The second kappa shape index (κ2) is 11.9. The highest BCUT2D eigenvalue weighted by molar-refractivity contribution is 8.18. The minimum absolute atomic E-state index is 0.0121. The number of carbonyl (C=O) groups is 2. The van der Waals surface area contributed by atoms with Crippen molar-refractivity contribution in [1.82, 2.24) is 4.90 Å². The van der Waals surface area contributed by atoms with Gasteiger partial charge in [0.15, 0.2) is 11.5 Å². The Morgan fingerprint density at radius 2 is 1.78 bits per heavy atom. The second-order valence-electron chi connectivity index (χ2n) is 7.84. The minimum atomic E-state index is -0.447. The lowest BCUT2D eigenvalue weighted by atomic mass is 10.1. The molecule has 1 aliphatic heterocycles. The quantitative estimate of drug-likeness (QED) is 0.257. The Bertz CT molecular complexity index is 1450. The molecule has 0 aliphatic carbocycles. The van der Waals surface area contributed by atoms with Gasteiger partial charge in [-0.1, -0.05) is 59.1 Å². The molecule has 0 saturated carbocycles. The van der Waals surface area contributed by atoms with Crippen LogP contribution in [-0.4, -0.2) is 22.7 Å². The molecule has 1 aliphatic rings. The summed E-state index contributed by atoms with van der Waals surface area (Å²) in [6, 6.07) is 17.4. The van der Waals surface area contributed by atoms with E-state index in [1.807, 2.05) is 6.92 Å². The van der Waals surface area contributed by atoms with Crippen LogP contribution in [0.4, 0.5) is 4.79 Å². The van der Waals surface area contributed by atoms with Crippen LogP contribution in [0.5, 0.6) is 11.5 Å². The minimum Gasteiger partial charge on any atom is -0.490 e. The van der Waals surface area contributed by atoms with Gasteiger partial charge in [-0.05, 0) is 71.8 Å². The molecule has 2 amide bonds. The third-order valence-corrected chi connectivity index (χ3v) is 7.26. The molecule has 188 valence electrons. The first kappa shape index (κ1) is 26.9. The second-order valence-corrected chi connectivity index (χ2v) is 10.1. The van der Waals surface area contributed by atoms with Gasteiger partial charge < -0.3 is 9.47 Å². The van der Waals surface area contributed by atoms with E-state index in [1.165, 1.54) is 0 Å². The zero-order valence-corrected chi connectivity index (χ0v) is 22.5. The van der Waals surface area contributed by atoms with Crippen molar-refractivity contribution in [3.8, 4) is 17.6 Å². The predicted octanol–water partition coefficient (Wildman–Crippen LogP) is 7.73. The lowest BCUT2D eigenvalue weighted by molar-refractivity contribution is -0.123. The van der Waals surface area contributed by atoms with Crippen LogP contribution in [-0.2, 0) is 17.9 Å². The molecule has 10 heteroatoms. The first-order valence-electron chi connectivity index (χ1n) is 11.1. The van der Waals surface area contributed by atoms with Crippen LogP contribution in [0.25, 0.3) is 6.08 Å². The van der Waals surface area contributed by atoms with Gasteiger partial charge in [-0.3, -0.25) is 14.5 Å². The number of hydrogen-bond acceptors (Lipinski definition) is 6. The number of carbonyl (C=O) groups excluding carboxylic acids is 2. The van der Waals surface area contributed by atoms with E-state index in [0.29, 0.717) is 44.8 Å². The van der Waals surface area contributed by atoms with E-state index in [2.05, 4.69) is 6.07 Å². The number of imide groups is 1. The molecular formula is C27H19Cl3N2O4S. The summed E-state index contributed by atoms with van der Waals surface area (Å²) >= 11 is 19.4. The van der Waals surface area contributed by atoms with E-state index in [9.17, 15) is 14.9 Å². The summed E-state index contributed by atoms with van der Waals surface area (Å²) in [4.78, 5) is 27.0. The third kappa shape index (κ3) is 6.23. The number of benzene rings is 3. The van der Waals surface area contributed by atoms with Gasteiger partial charge in [0.05, 0.1) is 44.8 Å². The van der Waals surface area contributed by atoms with Crippen LogP contribution in [0.2, 0.25) is 15.1 Å². The Kier molecular flexibility index (Phi) is 8.67. The van der Waals surface area contributed by atoms with Crippen LogP contribution in [0, 0.1) is 11.3 Å². The fraction of sp³-hybridized carbons (Fsp3) is 0.148. The van der Waals surface area contributed by atoms with Crippen LogP contribution >= 0.6 is 46.6 Å². The molecule has 0 N–H and O–H groups in total. The molecular weight excluding hydrogens is 555 g/mol. The topological polar surface area (TPSA) is 79.6 Å². The molecule has 6 nitrogen and oxygen atoms in total. The summed E-state index contributed by atoms with van der Waals surface area (Å²) in [5, 5.41) is 10.0. The number of ether oxygens (including phenoxy) is 2. The average Bonchev–Trinajstić information content (AvgIpc) is 3.13. The van der Waals surface area contributed by atoms with Crippen molar-refractivity contribution in [2.45, 2.75) is 20.1 Å². The lowest BCUT2D eigenvalue weighted by Crippen LogP contribution is -2.27. The Morgan fingerprint density at radius 3 is 2.51 bits per heavy atom. The van der Waals surface area contributed by atoms with Crippen LogP contribution in [0.3, 0.4) is 0 Å². The highest BCUT2D eigenvalue weighted by Gasteiger charge is 2.35. The molecule has 0 spiro atoms. The molecule has 1 fully saturated rings. The normalized spacial score (nSPS) is 14.2. The molecule has 37 heavy (non-hydrogen) atoms. The Labute approximate surface area is 233 Å². The maximum Gasteiger partial charge on any atom is 0.293 e. The summed E-state index contributed by atoms with van der Waals surface area (Å²) in [6.07, 6.45) is 1.58. The number of thioether (sulfide) groups is 1. The van der Waals surface area contributed by atoms with Gasteiger partial charge in [0, 0.05) is 0 Å². The van der Waals surface area contributed by atoms with Crippen molar-refractivity contribution in [2.75, 3.05) is 6.61 Å². The summed E-state index contributed by atoms with van der Waals surface area (Å²) in [5.41, 5.74) is 2.37. The molecule has 0 radical (unpaired) electrons. The summed E-state index contributed by atoms with van der Waals surface area (Å²) in [7, 11) is 0. The van der Waals surface area contributed by atoms with Gasteiger partial charge in [-0.25, -0.2) is 0 Å². The van der Waals surface area contributed by atoms with Gasteiger partial charge in [0.25, 0.3) is 11.1 Å². The monoisotopic (exact) mass is 572 g/mol. The zero-order chi connectivity index (χ0) is 26.5. The molecule has 3 aromatic rings. The van der Waals surface area contributed by atoms with E-state index in [0.717, 1.165) is 22.2 Å². The number of amides is 2. The molecule has 3 aromatic carbocycles. The van der Waals surface area contributed by atoms with Crippen molar-refractivity contribution in [1.29, 1.82) is 5.26 Å². The first-order chi connectivity index (χ1) is 17.8. The van der Waals surface area contributed by atoms with Crippen molar-refractivity contribution in [3.63, 3.8) is 0 Å². The van der Waals surface area contributed by atoms with E-state index in [1.54, 1.807) is 60.7 Å². The first-order valence-corrected chi connectivity index (χ1v) is 13.0. The zero-order valence-electron chi connectivity index (χ0n) is 19.5. The summed E-state index contributed by atoms with van der Waals surface area (Å²) in [5.74, 6) is 0.285. The van der Waals surface area contributed by atoms with Crippen molar-refractivity contribution in [2.24, 2.45) is 0 Å². The molecule has 0 aromatic heterocycles. The maximum absolute atomic E-state index is 13.0. The van der Waals surface area contributed by atoms with E-state index < -0.39 is 11.1 Å². The Morgan fingerprint density at radius 1 is 1.00 bits per heavy atom. The number of nitrogens with zero attached hydrogens (tertiary/aromatic N) is 2. The summed E-state index contributed by atoms with van der Waals surface area (Å²) < 4.78 is 11.7. The fourth-order valence-corrected chi connectivity index (χ4v) is 5.02. The number of nitriles is 1. The largest absolute Gasteiger partial charge is 0.490 e. The van der Waals surface area contributed by atoms with E-state index in [-0.39, 0.29) is 23.1 Å². The SMILES string of the molecule is CCOc1cc(/C=C2/SC(=O)N(Cc3ccccc3C#N)C2=O)cc(Cl)c1OCc1ccc(Cl)c(Cl)c1. The van der Waals surface area contributed by atoms with Crippen molar-refractivity contribution >= 4 is 63.8 Å². The van der Waals surface area contributed by atoms with Gasteiger partial charge in [0.1, 0.15) is 6.61 Å². The van der Waals surface area contributed by atoms with Crippen molar-refractivity contribution < 1.29 is 19.1 Å². The van der Waals surface area contributed by atoms with Crippen molar-refractivity contribution in [3.05, 3.63) is 96.8 Å². The molecule has 0 atom stereocenters. The van der Waals surface area contributed by atoms with Gasteiger partial charge >= 0.3 is 0 Å². The van der Waals surface area contributed by atoms with Crippen LogP contribution in [0.15, 0.2) is 59.5 Å². The van der Waals surface area contributed by atoms with E-state index in [4.69, 9.17) is 44.3 Å². The number of halogens is 3. The van der Waals surface area contributed by atoms with Gasteiger partial charge in [0.2, 0.25) is 0 Å². The van der Waals surface area contributed by atoms with Gasteiger partial charge in [-0.15, -0.1) is 0 Å². The van der Waals surface area contributed by atoms with E-state index >= 15 is 0 Å². The number of hydrogen-bond donors (Lipinski definition) is 0. The average molecular weight is 574 g/mol. The summed E-state index contributed by atoms with van der Waals surface area (Å²) in [6.45, 7) is 2.38. The standard InChI is InChI=1S/C27H19Cl3N2O4S/c1-2-35-23-11-17(10-22(30)25(23)36-15-16-7-8-20(28)21(29)9-16)12-24-26(33)32(27(34)37-24)14-19-6-4-3-5-18(19)13-31/h3-12H,2,14-15H2,1H3/b24-12+. The Hall–Kier alpha value is -3.15. The highest BCUT2D eigenvalue weighted by atomic mass is 35.5. The molecule has 1 saturated heterocycles. The lowest BCUT2D eigenvalue weighted by Gasteiger charge is -2.15. The number of rotatable bonds is 8.